The van der Waals surface area contributed by atoms with Crippen LogP contribution < -0.4 is 11.1 Å². The third kappa shape index (κ3) is 5.96. The number of nitrogens with two attached hydrogens (primary N) is 1. The molecule has 4 fully saturated rings. The van der Waals surface area contributed by atoms with Crippen molar-refractivity contribution in [2.24, 2.45) is 11.1 Å². The van der Waals surface area contributed by atoms with Crippen LogP contribution >= 0.6 is 0 Å². The van der Waals surface area contributed by atoms with Gasteiger partial charge in [-0.25, -0.2) is 0 Å². The lowest BCUT2D eigenvalue weighted by Crippen LogP contribution is -2.62. The molecule has 2 saturated carbocycles. The van der Waals surface area contributed by atoms with Gasteiger partial charge in [-0.1, -0.05) is 67.8 Å². The molecule has 40 heavy (non-hydrogen) atoms. The van der Waals surface area contributed by atoms with Crippen molar-refractivity contribution in [3.05, 3.63) is 59.7 Å². The first-order valence-electron chi connectivity index (χ1n) is 15.2. The summed E-state index contributed by atoms with van der Waals surface area (Å²) >= 11 is 0. The number of nitrogens with zero attached hydrogens (tertiary/aromatic N) is 3. The quantitative estimate of drug-likeness (QED) is 0.527. The fourth-order valence-corrected chi connectivity index (χ4v) is 7.08. The minimum atomic E-state index is -0.830. The predicted molar refractivity (Wildman–Crippen MR) is 156 cm³/mol. The molecule has 0 bridgehead atoms. The van der Waals surface area contributed by atoms with Crippen LogP contribution in [0.25, 0.3) is 11.1 Å². The Labute approximate surface area is 238 Å². The highest BCUT2D eigenvalue weighted by atomic mass is 16.5. The summed E-state index contributed by atoms with van der Waals surface area (Å²) in [7, 11) is 0. The molecule has 1 spiro atoms. The van der Waals surface area contributed by atoms with Gasteiger partial charge in [0.05, 0.1) is 24.8 Å². The molecule has 2 heterocycles. The molecule has 0 radical (unpaired) electrons. The monoisotopic (exact) mass is 541 g/mol. The number of piperazine rings is 1. The highest BCUT2D eigenvalue weighted by Crippen LogP contribution is 2.49. The number of ether oxygens (including phenoxy) is 1. The van der Waals surface area contributed by atoms with E-state index in [1.165, 1.54) is 37.1 Å². The molecule has 7 heteroatoms. The standard InChI is InChI=1S/C33H43N5O2/c34-21-29(36-31(39)33(35)12-2-1-3-13-33)18-25-4-8-27(9-5-25)28-10-6-26(7-11-28)22-37-14-16-38(17-15-37)30-19-32(20-30)23-40-24-32/h4-11,29-30H,1-3,12-20,22-24,35H2,(H,36,39)/t29-/m0/s1. The molecular formula is C33H43N5O2. The smallest absolute Gasteiger partial charge is 0.241 e. The number of hydrogen-bond acceptors (Lipinski definition) is 6. The molecular weight excluding hydrogens is 498 g/mol. The Morgan fingerprint density at radius 2 is 1.55 bits per heavy atom. The molecule has 6 rings (SSSR count). The largest absolute Gasteiger partial charge is 0.380 e. The first kappa shape index (κ1) is 27.4. The molecule has 7 nitrogen and oxygen atoms in total. The van der Waals surface area contributed by atoms with Gasteiger partial charge in [0.25, 0.3) is 0 Å². The van der Waals surface area contributed by atoms with Crippen LogP contribution in [0.5, 0.6) is 0 Å². The van der Waals surface area contributed by atoms with Crippen molar-refractivity contribution >= 4 is 5.91 Å². The average Bonchev–Trinajstić information content (AvgIpc) is 2.93. The Kier molecular flexibility index (Phi) is 7.96. The fraction of sp³-hybridized carbons (Fsp3) is 0.576. The number of nitrogens with one attached hydrogen (secondary N) is 1. The predicted octanol–water partition coefficient (Wildman–Crippen LogP) is 3.86. The van der Waals surface area contributed by atoms with Crippen molar-refractivity contribution < 1.29 is 9.53 Å². The van der Waals surface area contributed by atoms with Gasteiger partial charge in [0.2, 0.25) is 5.91 Å². The first-order chi connectivity index (χ1) is 19.4. The second kappa shape index (κ2) is 11.6. The van der Waals surface area contributed by atoms with Gasteiger partial charge >= 0.3 is 0 Å². The maximum absolute atomic E-state index is 12.8. The minimum absolute atomic E-state index is 0.187. The van der Waals surface area contributed by atoms with E-state index in [1.54, 1.807) is 0 Å². The average molecular weight is 542 g/mol. The van der Waals surface area contributed by atoms with Gasteiger partial charge in [-0.3, -0.25) is 14.6 Å². The number of carbonyl (C=O) groups is 1. The van der Waals surface area contributed by atoms with Crippen molar-refractivity contribution in [2.45, 2.75) is 75.5 Å². The summed E-state index contributed by atoms with van der Waals surface area (Å²) in [6, 6.07) is 19.7. The summed E-state index contributed by atoms with van der Waals surface area (Å²) in [6.07, 6.45) is 7.59. The van der Waals surface area contributed by atoms with E-state index in [1.807, 2.05) is 0 Å². The Morgan fingerprint density at radius 3 is 2.10 bits per heavy atom. The fourth-order valence-electron chi connectivity index (χ4n) is 7.08. The summed E-state index contributed by atoms with van der Waals surface area (Å²) in [4.78, 5) is 18.0. The molecule has 0 aromatic heterocycles. The molecule has 212 valence electrons. The van der Waals surface area contributed by atoms with E-state index in [-0.39, 0.29) is 5.91 Å². The Bertz CT molecular complexity index is 1190. The molecule has 1 amide bonds. The number of benzene rings is 2. The molecule has 1 atom stereocenters. The molecule has 2 saturated heterocycles. The van der Waals surface area contributed by atoms with Gasteiger partial charge in [-0.05, 0) is 47.9 Å². The number of hydrogen-bond donors (Lipinski definition) is 2. The Morgan fingerprint density at radius 1 is 0.950 bits per heavy atom. The van der Waals surface area contributed by atoms with Crippen LogP contribution in [-0.4, -0.2) is 72.7 Å². The van der Waals surface area contributed by atoms with Crippen LogP contribution in [0.1, 0.15) is 56.1 Å². The molecule has 2 aliphatic heterocycles. The van der Waals surface area contributed by atoms with Gasteiger partial charge in [-0.2, -0.15) is 5.26 Å². The van der Waals surface area contributed by atoms with E-state index >= 15 is 0 Å². The van der Waals surface area contributed by atoms with Crippen molar-refractivity contribution in [1.82, 2.24) is 15.1 Å². The lowest BCUT2D eigenvalue weighted by Gasteiger charge is -2.57. The van der Waals surface area contributed by atoms with E-state index < -0.39 is 11.6 Å². The molecule has 2 aromatic carbocycles. The summed E-state index contributed by atoms with van der Waals surface area (Å²) in [6.45, 7) is 7.60. The van der Waals surface area contributed by atoms with Gasteiger partial charge in [0.15, 0.2) is 0 Å². The Hall–Kier alpha value is -2.76. The van der Waals surface area contributed by atoms with Crippen molar-refractivity contribution in [1.29, 1.82) is 5.26 Å². The Balaban J connectivity index is 0.969. The topological polar surface area (TPSA) is 94.6 Å². The zero-order valence-electron chi connectivity index (χ0n) is 23.6. The van der Waals surface area contributed by atoms with Crippen LogP contribution in [0.15, 0.2) is 48.5 Å². The third-order valence-electron chi connectivity index (χ3n) is 9.82. The zero-order valence-corrected chi connectivity index (χ0v) is 23.6. The van der Waals surface area contributed by atoms with Crippen molar-refractivity contribution in [3.63, 3.8) is 0 Å². The van der Waals surface area contributed by atoms with Gasteiger partial charge in [0.1, 0.15) is 6.04 Å². The molecule has 0 unspecified atom stereocenters. The number of rotatable bonds is 8. The second-order valence-corrected chi connectivity index (χ2v) is 12.8. The third-order valence-corrected chi connectivity index (χ3v) is 9.82. The lowest BCUT2D eigenvalue weighted by atomic mass is 9.63. The van der Waals surface area contributed by atoms with Gasteiger partial charge in [-0.15, -0.1) is 0 Å². The number of nitriles is 1. The SMILES string of the molecule is N#C[C@H](Cc1ccc(-c2ccc(CN3CCN(C4CC5(COC5)C4)CC3)cc2)cc1)NC(=O)C1(N)CCCCC1. The lowest BCUT2D eigenvalue weighted by molar-refractivity contribution is -0.186. The van der Waals surface area contributed by atoms with Crippen LogP contribution in [0.3, 0.4) is 0 Å². The van der Waals surface area contributed by atoms with Crippen molar-refractivity contribution in [3.8, 4) is 17.2 Å². The normalized spacial score (nSPS) is 23.5. The highest BCUT2D eigenvalue weighted by Gasteiger charge is 2.51. The van der Waals surface area contributed by atoms with Crippen LogP contribution in [-0.2, 0) is 22.5 Å². The van der Waals surface area contributed by atoms with E-state index in [2.05, 4.69) is 69.7 Å². The van der Waals surface area contributed by atoms with E-state index in [9.17, 15) is 10.1 Å². The zero-order chi connectivity index (χ0) is 27.6. The van der Waals surface area contributed by atoms with E-state index in [0.717, 1.165) is 69.3 Å². The van der Waals surface area contributed by atoms with Crippen LogP contribution in [0.2, 0.25) is 0 Å². The molecule has 2 aromatic rings. The maximum Gasteiger partial charge on any atom is 0.241 e. The number of carbonyl (C=O) groups excluding carboxylic acids is 1. The van der Waals surface area contributed by atoms with E-state index in [0.29, 0.717) is 24.7 Å². The van der Waals surface area contributed by atoms with Gasteiger partial charge < -0.3 is 15.8 Å². The maximum atomic E-state index is 12.8. The van der Waals surface area contributed by atoms with E-state index in [4.69, 9.17) is 10.5 Å². The highest BCUT2D eigenvalue weighted by molar-refractivity contribution is 5.86. The first-order valence-corrected chi connectivity index (χ1v) is 15.2. The molecule has 2 aliphatic carbocycles. The van der Waals surface area contributed by atoms with Gasteiger partial charge in [0, 0.05) is 50.6 Å². The number of amides is 1. The summed E-state index contributed by atoms with van der Waals surface area (Å²) in [5.41, 5.74) is 10.8. The molecule has 4 aliphatic rings. The summed E-state index contributed by atoms with van der Waals surface area (Å²) in [5.74, 6) is -0.187. The second-order valence-electron chi connectivity index (χ2n) is 12.8. The van der Waals surface area contributed by atoms with Crippen LogP contribution in [0.4, 0.5) is 0 Å². The summed E-state index contributed by atoms with van der Waals surface area (Å²) in [5, 5.41) is 12.6. The van der Waals surface area contributed by atoms with Crippen molar-refractivity contribution in [2.75, 3.05) is 39.4 Å². The minimum Gasteiger partial charge on any atom is -0.380 e. The summed E-state index contributed by atoms with van der Waals surface area (Å²) < 4.78 is 5.44. The van der Waals surface area contributed by atoms with Crippen LogP contribution in [0, 0.1) is 16.7 Å². The molecule has 3 N–H and O–H groups in total.